The maximum atomic E-state index is 13.2. The molecule has 32 heavy (non-hydrogen) atoms. The van der Waals surface area contributed by atoms with Crippen LogP contribution in [0.3, 0.4) is 0 Å². The molecule has 6 nitrogen and oxygen atoms in total. The second-order valence-electron chi connectivity index (χ2n) is 10.1. The van der Waals surface area contributed by atoms with Gasteiger partial charge in [-0.25, -0.2) is 4.98 Å². The third kappa shape index (κ3) is 5.14. The lowest BCUT2D eigenvalue weighted by Crippen LogP contribution is -2.45. The number of ether oxygens (including phenoxy) is 1. The summed E-state index contributed by atoms with van der Waals surface area (Å²) >= 11 is 1.49. The lowest BCUT2D eigenvalue weighted by molar-refractivity contribution is -0.124. The van der Waals surface area contributed by atoms with E-state index >= 15 is 0 Å². The zero-order valence-corrected chi connectivity index (χ0v) is 20.2. The van der Waals surface area contributed by atoms with E-state index in [1.807, 2.05) is 0 Å². The summed E-state index contributed by atoms with van der Waals surface area (Å²) in [5.74, 6) is 0.959. The Bertz CT molecular complexity index is 983. The summed E-state index contributed by atoms with van der Waals surface area (Å²) in [6, 6.07) is 7.19. The smallest absolute Gasteiger partial charge is 0.257 e. The van der Waals surface area contributed by atoms with Crippen LogP contribution in [0.5, 0.6) is 5.75 Å². The van der Waals surface area contributed by atoms with E-state index in [1.54, 1.807) is 31.4 Å². The number of benzene rings is 1. The minimum absolute atomic E-state index is 0.0826. The monoisotopic (exact) mass is 455 g/mol. The topological polar surface area (TPSA) is 80.3 Å². The Morgan fingerprint density at radius 2 is 1.94 bits per heavy atom. The van der Waals surface area contributed by atoms with Crippen LogP contribution in [0.1, 0.15) is 79.7 Å². The first-order valence-electron chi connectivity index (χ1n) is 11.5. The van der Waals surface area contributed by atoms with Crippen molar-refractivity contribution in [1.29, 1.82) is 0 Å². The van der Waals surface area contributed by atoms with Crippen LogP contribution in [0.15, 0.2) is 24.3 Å². The van der Waals surface area contributed by atoms with Gasteiger partial charge in [-0.2, -0.15) is 0 Å². The fourth-order valence-electron chi connectivity index (χ4n) is 5.40. The van der Waals surface area contributed by atoms with Gasteiger partial charge in [0.1, 0.15) is 5.75 Å². The maximum absolute atomic E-state index is 13.2. The van der Waals surface area contributed by atoms with E-state index in [-0.39, 0.29) is 29.2 Å². The van der Waals surface area contributed by atoms with Crippen molar-refractivity contribution in [3.05, 3.63) is 40.4 Å². The van der Waals surface area contributed by atoms with Gasteiger partial charge >= 0.3 is 0 Å². The molecule has 2 aromatic rings. The van der Waals surface area contributed by atoms with E-state index in [0.29, 0.717) is 22.4 Å². The van der Waals surface area contributed by atoms with Crippen molar-refractivity contribution in [1.82, 2.24) is 10.3 Å². The Balaban J connectivity index is 1.44. The minimum Gasteiger partial charge on any atom is -0.497 e. The van der Waals surface area contributed by atoms with Gasteiger partial charge in [0.05, 0.1) is 18.7 Å². The number of fused-ring (bicyclic) bond motifs is 1. The average Bonchev–Trinajstić information content (AvgIpc) is 3.14. The lowest BCUT2D eigenvalue weighted by atomic mass is 9.70. The molecule has 2 N–H and O–H groups in total. The van der Waals surface area contributed by atoms with Gasteiger partial charge in [0.15, 0.2) is 5.13 Å². The van der Waals surface area contributed by atoms with Crippen molar-refractivity contribution >= 4 is 28.3 Å². The first-order valence-corrected chi connectivity index (χ1v) is 12.3. The Labute approximate surface area is 194 Å². The number of carbonyl (C=O) groups is 2. The average molecular weight is 456 g/mol. The van der Waals surface area contributed by atoms with Gasteiger partial charge in [-0.15, -0.1) is 11.3 Å². The van der Waals surface area contributed by atoms with Crippen LogP contribution in [0, 0.1) is 11.3 Å². The van der Waals surface area contributed by atoms with Crippen molar-refractivity contribution < 1.29 is 14.3 Å². The molecule has 0 bridgehead atoms. The van der Waals surface area contributed by atoms with Gasteiger partial charge < -0.3 is 10.1 Å². The van der Waals surface area contributed by atoms with E-state index in [2.05, 4.69) is 31.4 Å². The SMILES string of the molecule is COc1ccc(C(=O)Nc2nc3c(s2)CCCC3C(=O)NC2CC(C)CC(C)(C)C2)cc1. The second kappa shape index (κ2) is 9.22. The van der Waals surface area contributed by atoms with Crippen molar-refractivity contribution in [2.45, 2.75) is 71.3 Å². The van der Waals surface area contributed by atoms with Crippen LogP contribution in [0.25, 0.3) is 0 Å². The molecule has 1 aromatic carbocycles. The molecule has 1 fully saturated rings. The van der Waals surface area contributed by atoms with Crippen molar-refractivity contribution in [2.75, 3.05) is 12.4 Å². The Morgan fingerprint density at radius 1 is 1.19 bits per heavy atom. The van der Waals surface area contributed by atoms with Gasteiger partial charge in [0.25, 0.3) is 5.91 Å². The van der Waals surface area contributed by atoms with Crippen LogP contribution in [0.2, 0.25) is 0 Å². The minimum atomic E-state index is -0.234. The Hall–Kier alpha value is -2.41. The molecule has 3 atom stereocenters. The number of nitrogens with one attached hydrogen (secondary N) is 2. The van der Waals surface area contributed by atoms with Crippen LogP contribution < -0.4 is 15.4 Å². The first kappa shape index (κ1) is 22.8. The van der Waals surface area contributed by atoms with Crippen LogP contribution in [0.4, 0.5) is 5.13 Å². The van der Waals surface area contributed by atoms with E-state index in [9.17, 15) is 9.59 Å². The molecule has 172 valence electrons. The highest BCUT2D eigenvalue weighted by Gasteiger charge is 2.36. The zero-order valence-electron chi connectivity index (χ0n) is 19.4. The summed E-state index contributed by atoms with van der Waals surface area (Å²) in [6.07, 6.45) is 5.93. The predicted molar refractivity (Wildman–Crippen MR) is 127 cm³/mol. The van der Waals surface area contributed by atoms with Crippen LogP contribution >= 0.6 is 11.3 Å². The van der Waals surface area contributed by atoms with Crippen LogP contribution in [-0.4, -0.2) is 29.9 Å². The summed E-state index contributed by atoms with van der Waals surface area (Å²) in [7, 11) is 1.59. The summed E-state index contributed by atoms with van der Waals surface area (Å²) in [4.78, 5) is 31.6. The van der Waals surface area contributed by atoms with Crippen LogP contribution in [-0.2, 0) is 11.2 Å². The summed E-state index contributed by atoms with van der Waals surface area (Å²) in [6.45, 7) is 6.86. The van der Waals surface area contributed by atoms with Gasteiger partial charge in [-0.1, -0.05) is 20.8 Å². The molecule has 0 saturated heterocycles. The van der Waals surface area contributed by atoms with E-state index < -0.39 is 0 Å². The first-order chi connectivity index (χ1) is 15.2. The number of hydrogen-bond donors (Lipinski definition) is 2. The highest BCUT2D eigenvalue weighted by molar-refractivity contribution is 7.16. The predicted octanol–water partition coefficient (Wildman–Crippen LogP) is 5.15. The van der Waals surface area contributed by atoms with Gasteiger partial charge in [0, 0.05) is 16.5 Å². The number of hydrogen-bond acceptors (Lipinski definition) is 5. The molecule has 0 spiro atoms. The number of methoxy groups -OCH3 is 1. The molecule has 2 aliphatic rings. The molecule has 0 aliphatic heterocycles. The third-order valence-corrected chi connectivity index (χ3v) is 7.62. The fraction of sp³-hybridized carbons (Fsp3) is 0.560. The number of aromatic nitrogens is 1. The quantitative estimate of drug-likeness (QED) is 0.653. The molecule has 1 heterocycles. The molecule has 0 radical (unpaired) electrons. The molecular weight excluding hydrogens is 422 g/mol. The fourth-order valence-corrected chi connectivity index (χ4v) is 6.46. The highest BCUT2D eigenvalue weighted by Crippen LogP contribution is 2.40. The van der Waals surface area contributed by atoms with Gasteiger partial charge in [-0.05, 0) is 74.1 Å². The van der Waals surface area contributed by atoms with Crippen molar-refractivity contribution in [3.63, 3.8) is 0 Å². The number of rotatable bonds is 5. The normalized spacial score (nSPS) is 24.3. The lowest BCUT2D eigenvalue weighted by Gasteiger charge is -2.39. The third-order valence-electron chi connectivity index (χ3n) is 6.58. The number of thiazole rings is 1. The van der Waals surface area contributed by atoms with Crippen molar-refractivity contribution in [3.8, 4) is 5.75 Å². The highest BCUT2D eigenvalue weighted by atomic mass is 32.1. The Morgan fingerprint density at radius 3 is 2.62 bits per heavy atom. The summed E-state index contributed by atoms with van der Waals surface area (Å²) < 4.78 is 5.15. The molecule has 1 saturated carbocycles. The summed E-state index contributed by atoms with van der Waals surface area (Å²) in [5, 5.41) is 6.79. The number of nitrogens with zero attached hydrogens (tertiary/aromatic N) is 1. The molecule has 2 amide bonds. The number of anilines is 1. The second-order valence-corrected chi connectivity index (χ2v) is 11.2. The zero-order chi connectivity index (χ0) is 22.9. The van der Waals surface area contributed by atoms with E-state index in [1.165, 1.54) is 17.8 Å². The largest absolute Gasteiger partial charge is 0.497 e. The molecule has 3 unspecified atom stereocenters. The van der Waals surface area contributed by atoms with Gasteiger partial charge in [0.2, 0.25) is 5.91 Å². The standard InChI is InChI=1S/C25H33N3O3S/c1-15-12-17(14-25(2,3)13-15)26-23(30)19-6-5-7-20-21(19)27-24(32-20)28-22(29)16-8-10-18(31-4)11-9-16/h8-11,15,17,19H,5-7,12-14H2,1-4H3,(H,26,30)(H,27,28,29). The number of amides is 2. The molecule has 7 heteroatoms. The van der Waals surface area contributed by atoms with E-state index in [0.717, 1.165) is 42.7 Å². The molecule has 2 aliphatic carbocycles. The number of aryl methyl sites for hydroxylation is 1. The van der Waals surface area contributed by atoms with Crippen molar-refractivity contribution in [2.24, 2.45) is 11.3 Å². The molecular formula is C25H33N3O3S. The molecule has 1 aromatic heterocycles. The summed E-state index contributed by atoms with van der Waals surface area (Å²) in [5.41, 5.74) is 1.64. The maximum Gasteiger partial charge on any atom is 0.257 e. The number of carbonyl (C=O) groups excluding carboxylic acids is 2. The Kier molecular flexibility index (Phi) is 6.56. The van der Waals surface area contributed by atoms with Gasteiger partial charge in [-0.3, -0.25) is 14.9 Å². The van der Waals surface area contributed by atoms with E-state index in [4.69, 9.17) is 9.72 Å². The molecule has 4 rings (SSSR count).